The second kappa shape index (κ2) is 11.7. The fourth-order valence-corrected chi connectivity index (χ4v) is 4.78. The summed E-state index contributed by atoms with van der Waals surface area (Å²) < 4.78 is 10.2. The van der Waals surface area contributed by atoms with Gasteiger partial charge < -0.3 is 9.30 Å². The highest BCUT2D eigenvalue weighted by molar-refractivity contribution is 5.85. The van der Waals surface area contributed by atoms with Crippen molar-refractivity contribution in [3.05, 3.63) is 123 Å². The molecule has 41 heavy (non-hydrogen) atoms. The number of hydrogen-bond donors (Lipinski definition) is 1. The third-order valence-corrected chi connectivity index (χ3v) is 6.63. The Hall–Kier alpha value is -4.92. The monoisotopic (exact) mass is 551 g/mol. The fourth-order valence-electron chi connectivity index (χ4n) is 4.78. The Balaban J connectivity index is 1.39. The second-order valence-electron chi connectivity index (χ2n) is 10.9. The third kappa shape index (κ3) is 6.46. The first-order valence-corrected chi connectivity index (χ1v) is 13.6. The van der Waals surface area contributed by atoms with E-state index in [-0.39, 0.29) is 0 Å². The van der Waals surface area contributed by atoms with Gasteiger partial charge >= 0.3 is 11.8 Å². The first kappa shape index (κ1) is 27.6. The number of ether oxygens (including phenoxy) is 1. The molecule has 9 heteroatoms. The summed E-state index contributed by atoms with van der Waals surface area (Å²) in [5, 5.41) is 3.13. The Bertz CT molecular complexity index is 1780. The van der Waals surface area contributed by atoms with Crippen LogP contribution in [-0.4, -0.2) is 30.4 Å². The number of carbonyl (C=O) groups excluding carboxylic acids is 1. The zero-order chi connectivity index (χ0) is 29.0. The van der Waals surface area contributed by atoms with Crippen molar-refractivity contribution in [2.24, 2.45) is 0 Å². The molecule has 5 rings (SSSR count). The number of aromatic nitrogens is 4. The van der Waals surface area contributed by atoms with E-state index < -0.39 is 22.9 Å². The van der Waals surface area contributed by atoms with Crippen LogP contribution in [0.4, 0.5) is 10.5 Å². The summed E-state index contributed by atoms with van der Waals surface area (Å²) in [5.74, 6) is 0. The summed E-state index contributed by atoms with van der Waals surface area (Å²) in [6.07, 6.45) is 4.50. The molecular formula is C32H33N5O4. The van der Waals surface area contributed by atoms with Crippen molar-refractivity contribution in [2.75, 3.05) is 5.32 Å². The van der Waals surface area contributed by atoms with E-state index in [1.807, 2.05) is 36.8 Å². The van der Waals surface area contributed by atoms with Crippen LogP contribution in [0.1, 0.15) is 38.4 Å². The number of nitrogens with zero attached hydrogens (tertiary/aromatic N) is 4. The van der Waals surface area contributed by atoms with Gasteiger partial charge in [-0.2, -0.15) is 0 Å². The molecule has 0 bridgehead atoms. The van der Waals surface area contributed by atoms with Crippen molar-refractivity contribution in [2.45, 2.75) is 52.3 Å². The lowest BCUT2D eigenvalue weighted by Crippen LogP contribution is -2.39. The quantitative estimate of drug-likeness (QED) is 0.279. The summed E-state index contributed by atoms with van der Waals surface area (Å²) in [7, 11) is 0. The number of hydrogen-bond acceptors (Lipinski definition) is 5. The van der Waals surface area contributed by atoms with Crippen LogP contribution < -0.4 is 16.6 Å². The molecule has 0 atom stereocenters. The van der Waals surface area contributed by atoms with E-state index in [1.54, 1.807) is 67.8 Å². The van der Waals surface area contributed by atoms with Gasteiger partial charge in [-0.15, -0.1) is 0 Å². The minimum absolute atomic E-state index is 0.393. The fraction of sp³-hybridized carbons (Fsp3) is 0.250. The number of para-hydroxylation sites is 1. The van der Waals surface area contributed by atoms with Crippen molar-refractivity contribution in [1.82, 2.24) is 18.7 Å². The molecule has 0 spiro atoms. The summed E-state index contributed by atoms with van der Waals surface area (Å²) >= 11 is 0. The molecule has 1 N–H and O–H groups in total. The number of amides is 1. The Kier molecular flexibility index (Phi) is 7.87. The number of benzene rings is 3. The molecule has 0 aliphatic carbocycles. The van der Waals surface area contributed by atoms with Gasteiger partial charge in [-0.3, -0.25) is 14.7 Å². The Morgan fingerprint density at radius 2 is 1.63 bits per heavy atom. The van der Waals surface area contributed by atoms with Crippen LogP contribution in [0.3, 0.4) is 0 Å². The average Bonchev–Trinajstić information content (AvgIpc) is 3.37. The molecule has 0 fully saturated rings. The molecule has 9 nitrogen and oxygen atoms in total. The summed E-state index contributed by atoms with van der Waals surface area (Å²) in [5.41, 5.74) is 2.32. The molecule has 0 unspecified atom stereocenters. The molecule has 0 aliphatic rings. The van der Waals surface area contributed by atoms with Crippen molar-refractivity contribution < 1.29 is 9.53 Å². The Labute approximate surface area is 237 Å². The van der Waals surface area contributed by atoms with E-state index in [1.165, 1.54) is 10.1 Å². The van der Waals surface area contributed by atoms with Crippen LogP contribution in [-0.2, 0) is 24.2 Å². The molecular weight excluding hydrogens is 518 g/mol. The molecule has 0 saturated carbocycles. The summed E-state index contributed by atoms with van der Waals surface area (Å²) in [6.45, 7) is 6.50. The number of rotatable bonds is 8. The standard InChI is InChI=1S/C32H33N5O4/c1-32(2,3)41-30(39)34-24-15-17-25(18-16-24)37-29(38)27-13-7-8-14-28(27)36(31(37)40)19-9-12-26-20-33-22-35(26)21-23-10-5-4-6-11-23/h4-8,10-11,13-18,20,22H,9,12,19,21H2,1-3H3,(H,34,39). The molecule has 0 saturated heterocycles. The molecule has 2 heterocycles. The van der Waals surface area contributed by atoms with Crippen LogP contribution in [0, 0.1) is 0 Å². The maximum atomic E-state index is 13.7. The number of fused-ring (bicyclic) bond motifs is 1. The van der Waals surface area contributed by atoms with E-state index in [2.05, 4.69) is 27.0 Å². The molecule has 210 valence electrons. The van der Waals surface area contributed by atoms with E-state index >= 15 is 0 Å². The maximum absolute atomic E-state index is 13.7. The number of imidazole rings is 1. The largest absolute Gasteiger partial charge is 0.444 e. The molecule has 1 amide bonds. The van der Waals surface area contributed by atoms with Crippen molar-refractivity contribution in [3.8, 4) is 5.69 Å². The highest BCUT2D eigenvalue weighted by atomic mass is 16.6. The minimum Gasteiger partial charge on any atom is -0.444 e. The molecule has 2 aromatic heterocycles. The van der Waals surface area contributed by atoms with Gasteiger partial charge in [0.2, 0.25) is 0 Å². The molecule has 3 aromatic carbocycles. The summed E-state index contributed by atoms with van der Waals surface area (Å²) in [6, 6.07) is 23.9. The van der Waals surface area contributed by atoms with E-state index in [9.17, 15) is 14.4 Å². The summed E-state index contributed by atoms with van der Waals surface area (Å²) in [4.78, 5) is 43.7. The Morgan fingerprint density at radius 1 is 0.927 bits per heavy atom. The van der Waals surface area contributed by atoms with Crippen molar-refractivity contribution >= 4 is 22.7 Å². The van der Waals surface area contributed by atoms with Crippen LogP contribution in [0.15, 0.2) is 101 Å². The zero-order valence-corrected chi connectivity index (χ0v) is 23.4. The van der Waals surface area contributed by atoms with E-state index in [0.29, 0.717) is 35.2 Å². The third-order valence-electron chi connectivity index (χ3n) is 6.63. The Morgan fingerprint density at radius 3 is 2.37 bits per heavy atom. The predicted octanol–water partition coefficient (Wildman–Crippen LogP) is 5.38. The molecule has 0 aliphatic heterocycles. The van der Waals surface area contributed by atoms with Gasteiger partial charge in [0, 0.05) is 30.7 Å². The number of carbonyl (C=O) groups is 1. The lowest BCUT2D eigenvalue weighted by molar-refractivity contribution is 0.0636. The van der Waals surface area contributed by atoms with Crippen LogP contribution in [0.25, 0.3) is 16.6 Å². The van der Waals surface area contributed by atoms with Crippen molar-refractivity contribution in [3.63, 3.8) is 0 Å². The zero-order valence-electron chi connectivity index (χ0n) is 23.4. The van der Waals surface area contributed by atoms with E-state index in [0.717, 1.165) is 18.7 Å². The van der Waals surface area contributed by atoms with Crippen LogP contribution in [0.5, 0.6) is 0 Å². The molecule has 0 radical (unpaired) electrons. The highest BCUT2D eigenvalue weighted by Gasteiger charge is 2.17. The first-order chi connectivity index (χ1) is 19.7. The van der Waals surface area contributed by atoms with Gasteiger partial charge in [-0.05, 0) is 75.6 Å². The van der Waals surface area contributed by atoms with Gasteiger partial charge in [0.1, 0.15) is 5.60 Å². The van der Waals surface area contributed by atoms with Gasteiger partial charge in [-0.1, -0.05) is 42.5 Å². The highest BCUT2D eigenvalue weighted by Crippen LogP contribution is 2.16. The molecule has 5 aromatic rings. The number of aryl methyl sites for hydroxylation is 2. The lowest BCUT2D eigenvalue weighted by Gasteiger charge is -2.19. The minimum atomic E-state index is -0.630. The predicted molar refractivity (Wildman–Crippen MR) is 160 cm³/mol. The average molecular weight is 552 g/mol. The SMILES string of the molecule is CC(C)(C)OC(=O)Nc1ccc(-n2c(=O)c3ccccc3n(CCCc3cncn3Cc3ccccc3)c2=O)cc1. The first-order valence-electron chi connectivity index (χ1n) is 13.6. The number of nitrogens with one attached hydrogen (secondary N) is 1. The maximum Gasteiger partial charge on any atom is 0.412 e. The normalized spacial score (nSPS) is 11.5. The van der Waals surface area contributed by atoms with Crippen molar-refractivity contribution in [1.29, 1.82) is 0 Å². The second-order valence-corrected chi connectivity index (χ2v) is 10.9. The smallest absolute Gasteiger partial charge is 0.412 e. The van der Waals surface area contributed by atoms with Gasteiger partial charge in [0.15, 0.2) is 0 Å². The van der Waals surface area contributed by atoms with Gasteiger partial charge in [-0.25, -0.2) is 19.1 Å². The number of anilines is 1. The van der Waals surface area contributed by atoms with Gasteiger partial charge in [0.05, 0.1) is 22.9 Å². The van der Waals surface area contributed by atoms with E-state index in [4.69, 9.17) is 4.74 Å². The van der Waals surface area contributed by atoms with Crippen LogP contribution >= 0.6 is 0 Å². The lowest BCUT2D eigenvalue weighted by atomic mass is 10.2. The van der Waals surface area contributed by atoms with Gasteiger partial charge in [0.25, 0.3) is 5.56 Å². The van der Waals surface area contributed by atoms with Crippen LogP contribution in [0.2, 0.25) is 0 Å². The topological polar surface area (TPSA) is 100 Å².